The van der Waals surface area contributed by atoms with Gasteiger partial charge in [0.15, 0.2) is 0 Å². The Morgan fingerprint density at radius 1 is 0.778 bits per heavy atom. The summed E-state index contributed by atoms with van der Waals surface area (Å²) in [5, 5.41) is 12.3. The maximum atomic E-state index is 12.3. The first kappa shape index (κ1) is 16.7. The zero-order chi connectivity index (χ0) is 18.4. The molecule has 0 saturated carbocycles. The Morgan fingerprint density at radius 3 is 2.37 bits per heavy atom. The Morgan fingerprint density at radius 2 is 1.52 bits per heavy atom. The second kappa shape index (κ2) is 6.33. The predicted octanol–water partition coefficient (Wildman–Crippen LogP) is 6.19. The van der Waals surface area contributed by atoms with Gasteiger partial charge in [0, 0.05) is 21.9 Å². The fourth-order valence-corrected chi connectivity index (χ4v) is 5.37. The minimum absolute atomic E-state index is 0.0268. The molecule has 0 fully saturated rings. The van der Waals surface area contributed by atoms with E-state index >= 15 is 0 Å². The van der Waals surface area contributed by atoms with E-state index < -0.39 is 5.60 Å². The van der Waals surface area contributed by atoms with E-state index in [4.69, 9.17) is 0 Å². The molecule has 1 N–H and O–H groups in total. The number of rotatable bonds is 2. The number of hydrogen-bond acceptors (Lipinski definition) is 1. The molecule has 0 heterocycles. The number of fused-ring (bicyclic) bond motifs is 3. The molecule has 0 aromatic heterocycles. The molecule has 3 atom stereocenters. The monoisotopic (exact) mass is 414 g/mol. The molecule has 2 aliphatic rings. The molecule has 2 aliphatic carbocycles. The van der Waals surface area contributed by atoms with Crippen molar-refractivity contribution in [3.8, 4) is 11.1 Å². The van der Waals surface area contributed by atoms with Crippen molar-refractivity contribution in [1.29, 1.82) is 0 Å². The van der Waals surface area contributed by atoms with Gasteiger partial charge in [-0.25, -0.2) is 0 Å². The van der Waals surface area contributed by atoms with Gasteiger partial charge in [0.25, 0.3) is 0 Å². The Labute approximate surface area is 167 Å². The van der Waals surface area contributed by atoms with E-state index in [-0.39, 0.29) is 11.8 Å². The Kier molecular flexibility index (Phi) is 3.92. The molecule has 3 aromatic carbocycles. The van der Waals surface area contributed by atoms with Crippen molar-refractivity contribution in [3.63, 3.8) is 0 Å². The number of benzene rings is 3. The molecule has 5 rings (SSSR count). The molecule has 3 aromatic rings. The highest BCUT2D eigenvalue weighted by Gasteiger charge is 2.52. The van der Waals surface area contributed by atoms with Gasteiger partial charge >= 0.3 is 0 Å². The van der Waals surface area contributed by atoms with Crippen LogP contribution in [0.15, 0.2) is 102 Å². The molecule has 0 aliphatic heterocycles. The minimum atomic E-state index is -1.09. The third kappa shape index (κ3) is 2.40. The number of hydrogen-bond donors (Lipinski definition) is 1. The Bertz CT molecular complexity index is 1070. The lowest BCUT2D eigenvalue weighted by Crippen LogP contribution is -2.34. The first-order chi connectivity index (χ1) is 13.2. The van der Waals surface area contributed by atoms with E-state index in [0.717, 1.165) is 26.7 Å². The molecule has 1 nitrogen and oxygen atoms in total. The quantitative estimate of drug-likeness (QED) is 0.529. The molecule has 0 bridgehead atoms. The third-order valence-electron chi connectivity index (χ3n) is 5.83. The van der Waals surface area contributed by atoms with Crippen LogP contribution in [0.3, 0.4) is 0 Å². The van der Waals surface area contributed by atoms with Crippen molar-refractivity contribution < 1.29 is 5.11 Å². The zero-order valence-electron chi connectivity index (χ0n) is 14.7. The van der Waals surface area contributed by atoms with Crippen molar-refractivity contribution in [1.82, 2.24) is 0 Å². The summed E-state index contributed by atoms with van der Waals surface area (Å²) in [4.78, 5) is 0. The van der Waals surface area contributed by atoms with Crippen molar-refractivity contribution in [2.75, 3.05) is 0 Å². The molecule has 132 valence electrons. The third-order valence-corrected chi connectivity index (χ3v) is 6.49. The average Bonchev–Trinajstić information content (AvgIpc) is 3.00. The number of halogens is 1. The van der Waals surface area contributed by atoms with Crippen LogP contribution in [-0.2, 0) is 5.60 Å². The fourth-order valence-electron chi connectivity index (χ4n) is 4.69. The van der Waals surface area contributed by atoms with Crippen molar-refractivity contribution >= 4 is 15.9 Å². The van der Waals surface area contributed by atoms with Crippen LogP contribution >= 0.6 is 15.9 Å². The van der Waals surface area contributed by atoms with Gasteiger partial charge in [-0.2, -0.15) is 0 Å². The molecule has 0 saturated heterocycles. The lowest BCUT2D eigenvalue weighted by atomic mass is 9.74. The first-order valence-corrected chi connectivity index (χ1v) is 10.0. The highest BCUT2D eigenvalue weighted by Crippen LogP contribution is 2.57. The lowest BCUT2D eigenvalue weighted by Gasteiger charge is -2.34. The van der Waals surface area contributed by atoms with Crippen LogP contribution in [-0.4, -0.2) is 5.11 Å². The van der Waals surface area contributed by atoms with Gasteiger partial charge in [0.2, 0.25) is 0 Å². The molecular weight excluding hydrogens is 396 g/mol. The molecule has 27 heavy (non-hydrogen) atoms. The smallest absolute Gasteiger partial charge is 0.124 e. The van der Waals surface area contributed by atoms with E-state index in [9.17, 15) is 5.11 Å². The topological polar surface area (TPSA) is 20.2 Å². The van der Waals surface area contributed by atoms with E-state index in [2.05, 4.69) is 76.6 Å². The van der Waals surface area contributed by atoms with Crippen molar-refractivity contribution in [3.05, 3.63) is 118 Å². The van der Waals surface area contributed by atoms with Gasteiger partial charge in [-0.05, 0) is 28.3 Å². The molecule has 2 heteroatoms. The second-order valence-electron chi connectivity index (χ2n) is 7.20. The van der Waals surface area contributed by atoms with E-state index in [1.54, 1.807) is 0 Å². The number of aliphatic hydroxyl groups is 1. The summed E-state index contributed by atoms with van der Waals surface area (Å²) in [5.41, 5.74) is 4.24. The Balaban J connectivity index is 1.81. The lowest BCUT2D eigenvalue weighted by molar-refractivity contribution is 0.0452. The summed E-state index contributed by atoms with van der Waals surface area (Å²) < 4.78 is 0.960. The maximum Gasteiger partial charge on any atom is 0.124 e. The molecule has 0 amide bonds. The molecular formula is C25H19BrO. The highest BCUT2D eigenvalue weighted by molar-refractivity contribution is 9.10. The van der Waals surface area contributed by atoms with E-state index in [0.29, 0.717) is 0 Å². The summed E-state index contributed by atoms with van der Waals surface area (Å²) >= 11 is 3.73. The van der Waals surface area contributed by atoms with Crippen molar-refractivity contribution in [2.45, 2.75) is 11.5 Å². The van der Waals surface area contributed by atoms with Gasteiger partial charge in [-0.3, -0.25) is 0 Å². The van der Waals surface area contributed by atoms with Crippen LogP contribution < -0.4 is 0 Å². The largest absolute Gasteiger partial charge is 0.380 e. The standard InChI is InChI=1S/C25H19BrO/c26-23-16-8-13-20-19-12-5-7-15-22(19)25(27,24(20)23)21-14-6-4-11-18(21)17-9-2-1-3-10-17/h1-16,19,22,27H. The summed E-state index contributed by atoms with van der Waals surface area (Å²) in [6.45, 7) is 0. The SMILES string of the molecule is OC1(c2ccccc2-c2ccccc2)c2c(Br)cccc2C2C=CC=CC21. The van der Waals surface area contributed by atoms with Crippen LogP contribution in [0.25, 0.3) is 11.1 Å². The number of allylic oxidation sites excluding steroid dienone is 3. The summed E-state index contributed by atoms with van der Waals surface area (Å²) in [6, 6.07) is 24.8. The van der Waals surface area contributed by atoms with E-state index in [1.165, 1.54) is 5.56 Å². The average molecular weight is 415 g/mol. The maximum absolute atomic E-state index is 12.3. The van der Waals surface area contributed by atoms with Gasteiger partial charge in [-0.15, -0.1) is 0 Å². The van der Waals surface area contributed by atoms with Crippen LogP contribution in [0.4, 0.5) is 0 Å². The molecule has 0 spiro atoms. The van der Waals surface area contributed by atoms with Gasteiger partial charge in [0.1, 0.15) is 5.60 Å². The first-order valence-electron chi connectivity index (χ1n) is 9.22. The van der Waals surface area contributed by atoms with Crippen LogP contribution in [0, 0.1) is 5.92 Å². The van der Waals surface area contributed by atoms with E-state index in [1.807, 2.05) is 36.4 Å². The summed E-state index contributed by atoms with van der Waals surface area (Å²) in [5.74, 6) is 0.150. The minimum Gasteiger partial charge on any atom is -0.380 e. The normalized spacial score (nSPS) is 25.3. The Hall–Kier alpha value is -2.42. The summed E-state index contributed by atoms with van der Waals surface area (Å²) in [6.07, 6.45) is 8.50. The van der Waals surface area contributed by atoms with Crippen LogP contribution in [0.2, 0.25) is 0 Å². The molecule has 0 radical (unpaired) electrons. The molecule has 3 unspecified atom stereocenters. The highest BCUT2D eigenvalue weighted by atomic mass is 79.9. The summed E-state index contributed by atoms with van der Waals surface area (Å²) in [7, 11) is 0. The fraction of sp³-hybridized carbons (Fsp3) is 0.120. The predicted molar refractivity (Wildman–Crippen MR) is 114 cm³/mol. The van der Waals surface area contributed by atoms with Crippen LogP contribution in [0.1, 0.15) is 22.6 Å². The van der Waals surface area contributed by atoms with Crippen LogP contribution in [0.5, 0.6) is 0 Å². The van der Waals surface area contributed by atoms with Crippen molar-refractivity contribution in [2.24, 2.45) is 5.92 Å². The van der Waals surface area contributed by atoms with Gasteiger partial charge in [0.05, 0.1) is 0 Å². The zero-order valence-corrected chi connectivity index (χ0v) is 16.3. The van der Waals surface area contributed by atoms with Gasteiger partial charge in [-0.1, -0.05) is 107 Å². The second-order valence-corrected chi connectivity index (χ2v) is 8.06. The van der Waals surface area contributed by atoms with Gasteiger partial charge < -0.3 is 5.11 Å².